The fraction of sp³-hybridized carbons (Fsp3) is 0.0952. The minimum absolute atomic E-state index is 0.0280. The molecule has 2 heterocycles. The number of nitrogens with two attached hydrogens (primary N) is 1. The van der Waals surface area contributed by atoms with Gasteiger partial charge in [0.25, 0.3) is 11.8 Å². The second-order valence-electron chi connectivity index (χ2n) is 6.33. The van der Waals surface area contributed by atoms with E-state index < -0.39 is 24.4 Å². The van der Waals surface area contributed by atoms with Crippen LogP contribution in [-0.2, 0) is 20.7 Å². The molecular formula is C21H16N2O5S. The third-order valence-corrected chi connectivity index (χ3v) is 5.25. The normalized spacial score (nSPS) is 10.9. The van der Waals surface area contributed by atoms with Gasteiger partial charge in [0, 0.05) is 10.9 Å². The fourth-order valence-electron chi connectivity index (χ4n) is 3.12. The molecule has 0 fully saturated rings. The Balaban J connectivity index is 1.42. The smallest absolute Gasteiger partial charge is 0.310 e. The molecule has 4 rings (SSSR count). The van der Waals surface area contributed by atoms with Crippen molar-refractivity contribution in [2.45, 2.75) is 6.42 Å². The van der Waals surface area contributed by atoms with E-state index in [1.807, 2.05) is 36.4 Å². The van der Waals surface area contributed by atoms with Crippen LogP contribution >= 0.6 is 11.3 Å². The van der Waals surface area contributed by atoms with Gasteiger partial charge in [-0.3, -0.25) is 14.4 Å². The fourth-order valence-corrected chi connectivity index (χ4v) is 3.93. The molecular weight excluding hydrogens is 392 g/mol. The highest BCUT2D eigenvalue weighted by atomic mass is 32.1. The molecule has 2 aromatic carbocycles. The first-order valence-corrected chi connectivity index (χ1v) is 9.61. The van der Waals surface area contributed by atoms with E-state index in [4.69, 9.17) is 14.9 Å². The van der Waals surface area contributed by atoms with Crippen molar-refractivity contribution in [3.05, 3.63) is 65.2 Å². The number of fused-ring (bicyclic) bond motifs is 3. The van der Waals surface area contributed by atoms with Gasteiger partial charge in [0.1, 0.15) is 10.6 Å². The number of anilines is 1. The lowest BCUT2D eigenvalue weighted by Gasteiger charge is -2.06. The van der Waals surface area contributed by atoms with Crippen LogP contribution < -0.4 is 11.1 Å². The van der Waals surface area contributed by atoms with Crippen molar-refractivity contribution in [1.82, 2.24) is 0 Å². The summed E-state index contributed by atoms with van der Waals surface area (Å²) in [6.45, 7) is -0.467. The lowest BCUT2D eigenvalue weighted by Crippen LogP contribution is -2.22. The number of thiophene rings is 1. The Morgan fingerprint density at radius 1 is 1.10 bits per heavy atom. The van der Waals surface area contributed by atoms with E-state index in [1.54, 1.807) is 5.38 Å². The monoisotopic (exact) mass is 408 g/mol. The summed E-state index contributed by atoms with van der Waals surface area (Å²) < 4.78 is 10.6. The van der Waals surface area contributed by atoms with Crippen LogP contribution in [-0.4, -0.2) is 24.4 Å². The second-order valence-corrected chi connectivity index (χ2v) is 7.25. The van der Waals surface area contributed by atoms with E-state index in [0.29, 0.717) is 16.1 Å². The van der Waals surface area contributed by atoms with Gasteiger partial charge in [0.2, 0.25) is 0 Å². The summed E-state index contributed by atoms with van der Waals surface area (Å²) in [5, 5.41) is 7.36. The molecule has 0 aliphatic carbocycles. The minimum Gasteiger partial charge on any atom is -0.464 e. The lowest BCUT2D eigenvalue weighted by molar-refractivity contribution is -0.146. The molecule has 2 amide bonds. The summed E-state index contributed by atoms with van der Waals surface area (Å²) >= 11 is 1.16. The average Bonchev–Trinajstić information content (AvgIpc) is 3.33. The minimum atomic E-state index is -0.641. The third kappa shape index (κ3) is 3.83. The van der Waals surface area contributed by atoms with Crippen LogP contribution in [0.25, 0.3) is 21.7 Å². The van der Waals surface area contributed by atoms with Crippen molar-refractivity contribution in [2.24, 2.45) is 5.73 Å². The third-order valence-electron chi connectivity index (χ3n) is 4.42. The van der Waals surface area contributed by atoms with E-state index in [9.17, 15) is 14.4 Å². The number of hydrogen-bond acceptors (Lipinski definition) is 6. The number of rotatable bonds is 6. The summed E-state index contributed by atoms with van der Waals surface area (Å²) in [6.07, 6.45) is 1.50. The highest BCUT2D eigenvalue weighted by Gasteiger charge is 2.16. The zero-order valence-electron chi connectivity index (χ0n) is 15.1. The molecule has 7 nitrogen and oxygen atoms in total. The summed E-state index contributed by atoms with van der Waals surface area (Å²) in [6, 6.07) is 13.1. The molecule has 0 bridgehead atoms. The van der Waals surface area contributed by atoms with Crippen molar-refractivity contribution in [2.75, 3.05) is 11.9 Å². The maximum Gasteiger partial charge on any atom is 0.310 e. The first-order chi connectivity index (χ1) is 14.0. The van der Waals surface area contributed by atoms with E-state index in [-0.39, 0.29) is 12.0 Å². The predicted octanol–water partition coefficient (Wildman–Crippen LogP) is 3.47. The SMILES string of the molecule is NC(=O)c1ccsc1NC(=O)COC(=O)Cc1coc2ccc3ccccc3c12. The molecule has 0 saturated heterocycles. The second kappa shape index (κ2) is 7.76. The van der Waals surface area contributed by atoms with Crippen molar-refractivity contribution in [3.63, 3.8) is 0 Å². The van der Waals surface area contributed by atoms with Gasteiger partial charge in [-0.1, -0.05) is 30.3 Å². The Morgan fingerprint density at radius 2 is 1.93 bits per heavy atom. The predicted molar refractivity (Wildman–Crippen MR) is 110 cm³/mol. The van der Waals surface area contributed by atoms with Gasteiger partial charge in [0.05, 0.1) is 18.2 Å². The zero-order chi connectivity index (χ0) is 20.4. The van der Waals surface area contributed by atoms with Crippen LogP contribution in [0.1, 0.15) is 15.9 Å². The molecule has 0 radical (unpaired) electrons. The molecule has 3 N–H and O–H groups in total. The first-order valence-electron chi connectivity index (χ1n) is 8.73. The van der Waals surface area contributed by atoms with E-state index in [1.165, 1.54) is 12.3 Å². The van der Waals surface area contributed by atoms with Crippen molar-refractivity contribution < 1.29 is 23.5 Å². The van der Waals surface area contributed by atoms with Crippen LogP contribution in [0.2, 0.25) is 0 Å². The number of esters is 1. The highest BCUT2D eigenvalue weighted by Crippen LogP contribution is 2.30. The van der Waals surface area contributed by atoms with Crippen LogP contribution in [0.3, 0.4) is 0 Å². The Kier molecular flexibility index (Phi) is 5.01. The highest BCUT2D eigenvalue weighted by molar-refractivity contribution is 7.14. The number of nitrogens with one attached hydrogen (secondary N) is 1. The summed E-state index contributed by atoms with van der Waals surface area (Å²) in [5.41, 5.74) is 6.83. The van der Waals surface area contributed by atoms with Gasteiger partial charge in [-0.15, -0.1) is 11.3 Å². The van der Waals surface area contributed by atoms with Crippen LogP contribution in [0.4, 0.5) is 5.00 Å². The maximum absolute atomic E-state index is 12.3. The van der Waals surface area contributed by atoms with Crippen molar-refractivity contribution >= 4 is 55.9 Å². The topological polar surface area (TPSA) is 112 Å². The van der Waals surface area contributed by atoms with Gasteiger partial charge in [-0.05, 0) is 28.3 Å². The van der Waals surface area contributed by atoms with Gasteiger partial charge in [-0.25, -0.2) is 0 Å². The van der Waals surface area contributed by atoms with Crippen LogP contribution in [0.5, 0.6) is 0 Å². The van der Waals surface area contributed by atoms with Gasteiger partial charge >= 0.3 is 5.97 Å². The lowest BCUT2D eigenvalue weighted by atomic mass is 10.0. The van der Waals surface area contributed by atoms with Gasteiger partial charge in [0.15, 0.2) is 6.61 Å². The van der Waals surface area contributed by atoms with E-state index >= 15 is 0 Å². The Bertz CT molecular complexity index is 1240. The molecule has 29 heavy (non-hydrogen) atoms. The van der Waals surface area contributed by atoms with Crippen molar-refractivity contribution in [3.8, 4) is 0 Å². The van der Waals surface area contributed by atoms with Gasteiger partial charge in [-0.2, -0.15) is 0 Å². The summed E-state index contributed by atoms with van der Waals surface area (Å²) in [5.74, 6) is -1.75. The van der Waals surface area contributed by atoms with E-state index in [2.05, 4.69) is 5.32 Å². The number of amides is 2. The number of ether oxygens (including phenoxy) is 1. The molecule has 0 aliphatic rings. The molecule has 146 valence electrons. The van der Waals surface area contributed by atoms with Crippen LogP contribution in [0.15, 0.2) is 58.5 Å². The molecule has 0 saturated carbocycles. The number of furan rings is 1. The molecule has 2 aromatic heterocycles. The van der Waals surface area contributed by atoms with E-state index in [0.717, 1.165) is 27.5 Å². The molecule has 0 aliphatic heterocycles. The number of carbonyl (C=O) groups excluding carboxylic acids is 3. The molecule has 4 aromatic rings. The quantitative estimate of drug-likeness (QED) is 0.475. The Labute approximate surface area is 169 Å². The maximum atomic E-state index is 12.3. The largest absolute Gasteiger partial charge is 0.464 e. The molecule has 8 heteroatoms. The summed E-state index contributed by atoms with van der Waals surface area (Å²) in [4.78, 5) is 35.6. The number of primary amides is 1. The molecule has 0 atom stereocenters. The number of hydrogen-bond donors (Lipinski definition) is 2. The number of benzene rings is 2. The van der Waals surface area contributed by atoms with Gasteiger partial charge < -0.3 is 20.2 Å². The average molecular weight is 408 g/mol. The zero-order valence-corrected chi connectivity index (χ0v) is 16.0. The summed E-state index contributed by atoms with van der Waals surface area (Å²) in [7, 11) is 0. The Hall–Kier alpha value is -3.65. The number of carbonyl (C=O) groups is 3. The standard InChI is InChI=1S/C21H16N2O5S/c22-20(26)15-7-8-29-21(15)23-17(24)11-28-18(25)9-13-10-27-16-6-5-12-3-1-2-4-14(12)19(13)16/h1-8,10H,9,11H2,(H2,22,26)(H,23,24). The Morgan fingerprint density at radius 3 is 2.76 bits per heavy atom. The molecule has 0 unspecified atom stereocenters. The van der Waals surface area contributed by atoms with Crippen molar-refractivity contribution in [1.29, 1.82) is 0 Å². The first kappa shape index (κ1) is 18.7. The van der Waals surface area contributed by atoms with Crippen LogP contribution in [0, 0.1) is 0 Å². The molecule has 0 spiro atoms.